The lowest BCUT2D eigenvalue weighted by Crippen LogP contribution is -2.07. The highest BCUT2D eigenvalue weighted by Gasteiger charge is 2.19. The number of carboxylic acid groups (broad SMARTS) is 1. The van der Waals surface area contributed by atoms with Crippen LogP contribution in [0.5, 0.6) is 0 Å². The van der Waals surface area contributed by atoms with Gasteiger partial charge in [0.1, 0.15) is 5.69 Å². The first kappa shape index (κ1) is 15.1. The summed E-state index contributed by atoms with van der Waals surface area (Å²) in [6, 6.07) is 20.9. The Bertz CT molecular complexity index is 1070. The second-order valence-electron chi connectivity index (χ2n) is 5.85. The number of aromatic nitrogens is 3. The van der Waals surface area contributed by atoms with Crippen LogP contribution in [0.3, 0.4) is 0 Å². The smallest absolute Gasteiger partial charge is 0.352 e. The Balaban J connectivity index is 2.03. The molecule has 4 rings (SSSR count). The van der Waals surface area contributed by atoms with Crippen LogP contribution in [0, 0.1) is 6.92 Å². The average Bonchev–Trinajstić information content (AvgIpc) is 3.07. The number of hydrogen-bond donors (Lipinski definition) is 1. The number of rotatable bonds is 3. The van der Waals surface area contributed by atoms with Gasteiger partial charge in [-0.05, 0) is 24.6 Å². The zero-order valence-corrected chi connectivity index (χ0v) is 13.5. The van der Waals surface area contributed by atoms with E-state index in [-0.39, 0.29) is 5.69 Å². The number of aromatic carboxylic acids is 1. The van der Waals surface area contributed by atoms with Gasteiger partial charge in [0.15, 0.2) is 11.5 Å². The van der Waals surface area contributed by atoms with Crippen LogP contribution < -0.4 is 0 Å². The summed E-state index contributed by atoms with van der Waals surface area (Å²) in [6.07, 6.45) is 0. The van der Waals surface area contributed by atoms with Gasteiger partial charge in [-0.3, -0.25) is 4.40 Å². The van der Waals surface area contributed by atoms with Crippen molar-refractivity contribution in [1.29, 1.82) is 0 Å². The minimum Gasteiger partial charge on any atom is -0.477 e. The Morgan fingerprint density at radius 2 is 1.60 bits per heavy atom. The second kappa shape index (κ2) is 5.87. The third-order valence-electron chi connectivity index (χ3n) is 4.17. The van der Waals surface area contributed by atoms with Crippen molar-refractivity contribution in [3.05, 3.63) is 78.0 Å². The molecule has 0 amide bonds. The van der Waals surface area contributed by atoms with E-state index in [1.54, 1.807) is 16.5 Å². The fourth-order valence-electron chi connectivity index (χ4n) is 2.90. The van der Waals surface area contributed by atoms with Crippen LogP contribution in [-0.4, -0.2) is 25.7 Å². The van der Waals surface area contributed by atoms with E-state index in [1.807, 2.05) is 61.5 Å². The Hall–Kier alpha value is -3.47. The topological polar surface area (TPSA) is 67.5 Å². The normalized spacial score (nSPS) is 10.9. The summed E-state index contributed by atoms with van der Waals surface area (Å²) in [5.41, 5.74) is 4.46. The van der Waals surface area contributed by atoms with Gasteiger partial charge in [-0.15, -0.1) is 10.2 Å². The minimum atomic E-state index is -1.02. The lowest BCUT2D eigenvalue weighted by Gasteiger charge is -2.08. The van der Waals surface area contributed by atoms with Crippen molar-refractivity contribution in [1.82, 2.24) is 14.6 Å². The van der Waals surface area contributed by atoms with E-state index in [4.69, 9.17) is 0 Å². The fourth-order valence-corrected chi connectivity index (χ4v) is 2.90. The van der Waals surface area contributed by atoms with Crippen molar-refractivity contribution in [2.45, 2.75) is 6.92 Å². The van der Waals surface area contributed by atoms with Crippen molar-refractivity contribution in [2.75, 3.05) is 0 Å². The van der Waals surface area contributed by atoms with E-state index in [2.05, 4.69) is 10.2 Å². The Labute approximate surface area is 144 Å². The highest BCUT2D eigenvalue weighted by atomic mass is 16.4. The molecule has 0 saturated heterocycles. The Morgan fingerprint density at radius 3 is 2.28 bits per heavy atom. The summed E-state index contributed by atoms with van der Waals surface area (Å²) < 4.78 is 1.60. The molecule has 0 fully saturated rings. The second-order valence-corrected chi connectivity index (χ2v) is 5.85. The average molecular weight is 329 g/mol. The number of carboxylic acids is 1. The molecule has 25 heavy (non-hydrogen) atoms. The molecular weight excluding hydrogens is 314 g/mol. The van der Waals surface area contributed by atoms with Crippen LogP contribution in [-0.2, 0) is 0 Å². The van der Waals surface area contributed by atoms with Crippen molar-refractivity contribution < 1.29 is 9.90 Å². The summed E-state index contributed by atoms with van der Waals surface area (Å²) in [4.78, 5) is 11.7. The molecular formula is C20H15N3O2. The van der Waals surface area contributed by atoms with Crippen LogP contribution in [0.15, 0.2) is 66.7 Å². The summed E-state index contributed by atoms with van der Waals surface area (Å²) >= 11 is 0. The monoisotopic (exact) mass is 329 g/mol. The number of hydrogen-bond acceptors (Lipinski definition) is 3. The van der Waals surface area contributed by atoms with Gasteiger partial charge in [0, 0.05) is 11.1 Å². The molecule has 1 N–H and O–H groups in total. The summed E-state index contributed by atoms with van der Waals surface area (Å²) in [7, 11) is 0. The number of nitrogens with zero attached hydrogens (tertiary/aromatic N) is 3. The molecule has 0 aliphatic heterocycles. The predicted octanol–water partition coefficient (Wildman–Crippen LogP) is 4.07. The van der Waals surface area contributed by atoms with E-state index < -0.39 is 5.97 Å². The van der Waals surface area contributed by atoms with Gasteiger partial charge in [0.25, 0.3) is 0 Å². The fraction of sp³-hybridized carbons (Fsp3) is 0.0500. The first-order chi connectivity index (χ1) is 12.1. The van der Waals surface area contributed by atoms with Crippen molar-refractivity contribution in [3.63, 3.8) is 0 Å². The lowest BCUT2D eigenvalue weighted by molar-refractivity contribution is 0.0689. The van der Waals surface area contributed by atoms with E-state index in [1.165, 1.54) is 0 Å². The molecule has 5 nitrogen and oxygen atoms in total. The molecule has 0 atom stereocenters. The maximum atomic E-state index is 11.7. The van der Waals surface area contributed by atoms with Gasteiger partial charge >= 0.3 is 5.97 Å². The largest absolute Gasteiger partial charge is 0.477 e. The Morgan fingerprint density at radius 1 is 0.880 bits per heavy atom. The third-order valence-corrected chi connectivity index (χ3v) is 4.17. The van der Waals surface area contributed by atoms with E-state index in [9.17, 15) is 9.90 Å². The van der Waals surface area contributed by atoms with Gasteiger partial charge in [0.05, 0.1) is 0 Å². The number of fused-ring (bicyclic) bond motifs is 1. The van der Waals surface area contributed by atoms with Crippen LogP contribution >= 0.6 is 0 Å². The molecule has 0 radical (unpaired) electrons. The summed E-state index contributed by atoms with van der Waals surface area (Å²) in [6.45, 7) is 2.03. The zero-order chi connectivity index (χ0) is 17.4. The van der Waals surface area contributed by atoms with Crippen molar-refractivity contribution in [3.8, 4) is 22.5 Å². The molecule has 122 valence electrons. The van der Waals surface area contributed by atoms with Crippen LogP contribution in [0.1, 0.15) is 16.1 Å². The van der Waals surface area contributed by atoms with Gasteiger partial charge < -0.3 is 5.11 Å². The van der Waals surface area contributed by atoms with Crippen LogP contribution in [0.2, 0.25) is 0 Å². The van der Waals surface area contributed by atoms with Crippen LogP contribution in [0.25, 0.3) is 28.2 Å². The number of pyridine rings is 1. The van der Waals surface area contributed by atoms with Gasteiger partial charge in [0.2, 0.25) is 0 Å². The SMILES string of the molecule is Cc1ccc(-c2ccc(C(=O)O)n3c(-c4ccccc4)nnc23)cc1. The molecule has 0 bridgehead atoms. The number of aryl methyl sites for hydroxylation is 1. The van der Waals surface area contributed by atoms with E-state index >= 15 is 0 Å². The number of carbonyl (C=O) groups is 1. The first-order valence-corrected chi connectivity index (χ1v) is 7.89. The molecule has 0 aliphatic carbocycles. The molecule has 2 aromatic carbocycles. The molecule has 0 aliphatic rings. The highest BCUT2D eigenvalue weighted by molar-refractivity contribution is 5.90. The molecule has 0 spiro atoms. The van der Waals surface area contributed by atoms with Gasteiger partial charge in [-0.1, -0.05) is 60.2 Å². The molecule has 2 heterocycles. The molecule has 0 saturated carbocycles. The quantitative estimate of drug-likeness (QED) is 0.615. The van der Waals surface area contributed by atoms with E-state index in [0.29, 0.717) is 11.5 Å². The molecule has 5 heteroatoms. The number of benzene rings is 2. The Kier molecular flexibility index (Phi) is 3.54. The highest BCUT2D eigenvalue weighted by Crippen LogP contribution is 2.28. The molecule has 0 unspecified atom stereocenters. The van der Waals surface area contributed by atoms with Crippen LogP contribution in [0.4, 0.5) is 0 Å². The first-order valence-electron chi connectivity index (χ1n) is 7.89. The minimum absolute atomic E-state index is 0.134. The van der Waals surface area contributed by atoms with Gasteiger partial charge in [-0.25, -0.2) is 4.79 Å². The molecule has 2 aromatic heterocycles. The standard InChI is InChI=1S/C20H15N3O2/c1-13-7-9-14(10-8-13)16-11-12-17(20(24)25)23-18(21-22-19(16)23)15-5-3-2-4-6-15/h2-12H,1H3,(H,24,25). The van der Waals surface area contributed by atoms with E-state index in [0.717, 1.165) is 22.3 Å². The predicted molar refractivity (Wildman–Crippen MR) is 95.6 cm³/mol. The van der Waals surface area contributed by atoms with Gasteiger partial charge in [-0.2, -0.15) is 0 Å². The zero-order valence-electron chi connectivity index (χ0n) is 13.5. The maximum Gasteiger partial charge on any atom is 0.352 e. The van der Waals surface area contributed by atoms with Crippen molar-refractivity contribution >= 4 is 11.6 Å². The molecule has 4 aromatic rings. The third kappa shape index (κ3) is 2.55. The van der Waals surface area contributed by atoms with Crippen molar-refractivity contribution in [2.24, 2.45) is 0 Å². The summed E-state index contributed by atoms with van der Waals surface area (Å²) in [5, 5.41) is 18.1. The summed E-state index contributed by atoms with van der Waals surface area (Å²) in [5.74, 6) is -0.501. The maximum absolute atomic E-state index is 11.7. The lowest BCUT2D eigenvalue weighted by atomic mass is 10.0.